The minimum Gasteiger partial charge on any atom is -0.504 e. The molecule has 1 aromatic heterocycles. The highest BCUT2D eigenvalue weighted by Crippen LogP contribution is 2.38. The second-order valence-electron chi connectivity index (χ2n) is 7.50. The summed E-state index contributed by atoms with van der Waals surface area (Å²) >= 11 is 0. The van der Waals surface area contributed by atoms with E-state index in [9.17, 15) is 9.50 Å². The number of rotatable bonds is 4. The quantitative estimate of drug-likeness (QED) is 0.398. The molecule has 28 heavy (non-hydrogen) atoms. The van der Waals surface area contributed by atoms with Crippen LogP contribution in [0.2, 0.25) is 0 Å². The van der Waals surface area contributed by atoms with Crippen molar-refractivity contribution in [2.75, 3.05) is 0 Å². The topological polar surface area (TPSA) is 108 Å². The highest BCUT2D eigenvalue weighted by atomic mass is 19.1. The van der Waals surface area contributed by atoms with Crippen molar-refractivity contribution < 1.29 is 14.2 Å². The van der Waals surface area contributed by atoms with Gasteiger partial charge in [-0.2, -0.15) is 0 Å². The molecule has 0 unspecified atom stereocenters. The lowest BCUT2D eigenvalue weighted by atomic mass is 9.89. The van der Waals surface area contributed by atoms with E-state index in [-0.39, 0.29) is 23.3 Å². The summed E-state index contributed by atoms with van der Waals surface area (Å²) < 4.78 is 20.1. The molecule has 4 rings (SSSR count). The summed E-state index contributed by atoms with van der Waals surface area (Å²) in [5.74, 6) is 0.596. The van der Waals surface area contributed by atoms with E-state index in [2.05, 4.69) is 16.9 Å². The highest BCUT2D eigenvalue weighted by molar-refractivity contribution is 5.98. The molecule has 0 saturated heterocycles. The molecule has 146 valence electrons. The number of nitrogens with one attached hydrogen (secondary N) is 2. The Morgan fingerprint density at radius 1 is 1.29 bits per heavy atom. The van der Waals surface area contributed by atoms with E-state index in [0.29, 0.717) is 28.2 Å². The summed E-state index contributed by atoms with van der Waals surface area (Å²) in [6.07, 6.45) is 4.29. The summed E-state index contributed by atoms with van der Waals surface area (Å²) in [7, 11) is 0. The van der Waals surface area contributed by atoms with Gasteiger partial charge in [-0.15, -0.1) is 0 Å². The molecule has 0 radical (unpaired) electrons. The fourth-order valence-electron chi connectivity index (χ4n) is 3.70. The van der Waals surface area contributed by atoms with Gasteiger partial charge in [-0.25, -0.2) is 9.37 Å². The lowest BCUT2D eigenvalue weighted by Gasteiger charge is -2.27. The molecule has 2 aromatic carbocycles. The van der Waals surface area contributed by atoms with Crippen LogP contribution in [0.4, 0.5) is 4.39 Å². The molecule has 0 atom stereocenters. The van der Waals surface area contributed by atoms with Gasteiger partial charge in [-0.1, -0.05) is 13.0 Å². The van der Waals surface area contributed by atoms with E-state index in [1.54, 1.807) is 18.2 Å². The zero-order chi connectivity index (χ0) is 19.8. The molecular weight excluding hydrogens is 359 g/mol. The molecule has 0 spiro atoms. The predicted molar refractivity (Wildman–Crippen MR) is 106 cm³/mol. The van der Waals surface area contributed by atoms with Crippen molar-refractivity contribution in [1.29, 1.82) is 5.41 Å². The predicted octanol–water partition coefficient (Wildman–Crippen LogP) is 4.32. The first-order chi connectivity index (χ1) is 13.4. The molecular formula is C21H23FN4O2. The number of para-hydroxylation sites is 1. The van der Waals surface area contributed by atoms with Gasteiger partial charge in [0.2, 0.25) is 0 Å². The second-order valence-corrected chi connectivity index (χ2v) is 7.50. The van der Waals surface area contributed by atoms with E-state index in [0.717, 1.165) is 31.6 Å². The summed E-state index contributed by atoms with van der Waals surface area (Å²) in [6.45, 7) is 2.25. The molecule has 5 N–H and O–H groups in total. The van der Waals surface area contributed by atoms with Crippen LogP contribution >= 0.6 is 0 Å². The molecule has 1 fully saturated rings. The Labute approximate surface area is 162 Å². The number of nitrogen functional groups attached to an aromatic ring is 1. The minimum atomic E-state index is -0.594. The van der Waals surface area contributed by atoms with Crippen molar-refractivity contribution in [2.45, 2.75) is 38.7 Å². The smallest absolute Gasteiger partial charge is 0.168 e. The van der Waals surface area contributed by atoms with Crippen LogP contribution in [0.3, 0.4) is 0 Å². The van der Waals surface area contributed by atoms with E-state index in [1.165, 1.54) is 12.1 Å². The van der Waals surface area contributed by atoms with Gasteiger partial charge in [-0.05, 0) is 49.8 Å². The minimum absolute atomic E-state index is 0.00150. The fraction of sp³-hybridized carbons (Fsp3) is 0.333. The zero-order valence-electron chi connectivity index (χ0n) is 15.6. The Hall–Kier alpha value is -3.09. The number of phenols is 1. The molecule has 1 aliphatic carbocycles. The third-order valence-electron chi connectivity index (χ3n) is 5.37. The number of aromatic hydroxyl groups is 1. The van der Waals surface area contributed by atoms with Crippen molar-refractivity contribution >= 4 is 16.9 Å². The van der Waals surface area contributed by atoms with Crippen LogP contribution in [0.15, 0.2) is 30.3 Å². The average Bonchev–Trinajstić information content (AvgIpc) is 3.07. The van der Waals surface area contributed by atoms with Gasteiger partial charge in [0, 0.05) is 6.07 Å². The SMILES string of the molecule is CC1CCC(Oc2cccc(-c3nc4cc(C(=N)N)c(F)cc4[nH]3)c2O)CC1. The molecule has 3 aromatic rings. The standard InChI is InChI=1S/C21H23FN4O2/c1-11-5-7-12(8-6-11)28-18-4-2-3-13(19(18)27)21-25-16-9-14(20(23)24)15(22)10-17(16)26-21/h2-4,9-12,27H,5-8H2,1H3,(H3,23,24)(H,25,26). The number of halogens is 1. The lowest BCUT2D eigenvalue weighted by molar-refractivity contribution is 0.131. The number of nitrogens with zero attached hydrogens (tertiary/aromatic N) is 1. The van der Waals surface area contributed by atoms with E-state index < -0.39 is 5.82 Å². The molecule has 0 aliphatic heterocycles. The Balaban J connectivity index is 1.66. The third-order valence-corrected chi connectivity index (χ3v) is 5.37. The van der Waals surface area contributed by atoms with Gasteiger partial charge in [0.05, 0.1) is 28.3 Å². The van der Waals surface area contributed by atoms with Crippen LogP contribution in [0.5, 0.6) is 11.5 Å². The van der Waals surface area contributed by atoms with Crippen LogP contribution in [0.1, 0.15) is 38.2 Å². The summed E-state index contributed by atoms with van der Waals surface area (Å²) in [5.41, 5.74) is 6.82. The number of ether oxygens (including phenoxy) is 1. The van der Waals surface area contributed by atoms with E-state index in [1.807, 2.05) is 0 Å². The van der Waals surface area contributed by atoms with Crippen molar-refractivity contribution in [3.05, 3.63) is 41.7 Å². The first-order valence-corrected chi connectivity index (χ1v) is 9.45. The zero-order valence-corrected chi connectivity index (χ0v) is 15.6. The summed E-state index contributed by atoms with van der Waals surface area (Å²) in [4.78, 5) is 7.45. The highest BCUT2D eigenvalue weighted by Gasteiger charge is 2.22. The maximum absolute atomic E-state index is 14.1. The average molecular weight is 382 g/mol. The largest absolute Gasteiger partial charge is 0.504 e. The van der Waals surface area contributed by atoms with Crippen molar-refractivity contribution in [3.8, 4) is 22.9 Å². The number of phenolic OH excluding ortho intramolecular Hbond substituents is 1. The number of aromatic amines is 1. The number of fused-ring (bicyclic) bond motifs is 1. The number of H-pyrrole nitrogens is 1. The second kappa shape index (κ2) is 7.14. The summed E-state index contributed by atoms with van der Waals surface area (Å²) in [6, 6.07) is 7.94. The Morgan fingerprint density at radius 3 is 2.75 bits per heavy atom. The molecule has 1 heterocycles. The number of benzene rings is 2. The van der Waals surface area contributed by atoms with Crippen LogP contribution in [0, 0.1) is 17.1 Å². The van der Waals surface area contributed by atoms with Gasteiger partial charge in [0.1, 0.15) is 17.5 Å². The Morgan fingerprint density at radius 2 is 2.04 bits per heavy atom. The molecule has 1 aliphatic rings. The van der Waals surface area contributed by atoms with Gasteiger partial charge < -0.3 is 20.6 Å². The van der Waals surface area contributed by atoms with Crippen molar-refractivity contribution in [2.24, 2.45) is 11.7 Å². The number of aromatic nitrogens is 2. The fourth-order valence-corrected chi connectivity index (χ4v) is 3.70. The maximum atomic E-state index is 14.1. The first-order valence-electron chi connectivity index (χ1n) is 9.45. The van der Waals surface area contributed by atoms with Crippen LogP contribution in [0.25, 0.3) is 22.4 Å². The molecule has 0 amide bonds. The number of nitrogens with two attached hydrogens (primary N) is 1. The normalized spacial score (nSPS) is 19.6. The van der Waals surface area contributed by atoms with Crippen LogP contribution < -0.4 is 10.5 Å². The number of imidazole rings is 1. The van der Waals surface area contributed by atoms with Crippen molar-refractivity contribution in [1.82, 2.24) is 9.97 Å². The van der Waals surface area contributed by atoms with E-state index >= 15 is 0 Å². The van der Waals surface area contributed by atoms with Crippen LogP contribution in [-0.2, 0) is 0 Å². The molecule has 6 nitrogen and oxygen atoms in total. The Kier molecular flexibility index (Phi) is 4.66. The van der Waals surface area contributed by atoms with Crippen molar-refractivity contribution in [3.63, 3.8) is 0 Å². The monoisotopic (exact) mass is 382 g/mol. The lowest BCUT2D eigenvalue weighted by Crippen LogP contribution is -2.23. The molecule has 1 saturated carbocycles. The third kappa shape index (κ3) is 3.40. The van der Waals surface area contributed by atoms with E-state index in [4.69, 9.17) is 15.9 Å². The molecule has 7 heteroatoms. The van der Waals surface area contributed by atoms with Gasteiger partial charge in [0.25, 0.3) is 0 Å². The Bertz CT molecular complexity index is 1040. The molecule has 0 bridgehead atoms. The number of amidine groups is 1. The number of hydrogen-bond donors (Lipinski definition) is 4. The summed E-state index contributed by atoms with van der Waals surface area (Å²) in [5, 5.41) is 18.2. The maximum Gasteiger partial charge on any atom is 0.168 e. The van der Waals surface area contributed by atoms with Gasteiger partial charge >= 0.3 is 0 Å². The van der Waals surface area contributed by atoms with Crippen LogP contribution in [-0.4, -0.2) is 27.0 Å². The first kappa shape index (κ1) is 18.3. The van der Waals surface area contributed by atoms with Gasteiger partial charge in [-0.3, -0.25) is 5.41 Å². The number of hydrogen-bond acceptors (Lipinski definition) is 4. The van der Waals surface area contributed by atoms with Gasteiger partial charge in [0.15, 0.2) is 11.5 Å².